The van der Waals surface area contributed by atoms with Crippen molar-refractivity contribution in [2.75, 3.05) is 20.2 Å². The van der Waals surface area contributed by atoms with Crippen molar-refractivity contribution < 1.29 is 28.9 Å². The molecule has 9 heteroatoms. The summed E-state index contributed by atoms with van der Waals surface area (Å²) in [6.45, 7) is 9.77. The lowest BCUT2D eigenvalue weighted by Gasteiger charge is -2.33. The summed E-state index contributed by atoms with van der Waals surface area (Å²) in [5.74, 6) is 1.14. The van der Waals surface area contributed by atoms with Gasteiger partial charge in [-0.15, -0.1) is 0 Å². The van der Waals surface area contributed by atoms with E-state index in [0.29, 0.717) is 17.5 Å². The molecule has 5 rings (SSSR count). The van der Waals surface area contributed by atoms with Crippen LogP contribution in [0.5, 0.6) is 5.75 Å². The van der Waals surface area contributed by atoms with Gasteiger partial charge in [0.25, 0.3) is 0 Å². The Hall–Kier alpha value is -4.63. The molecule has 0 saturated heterocycles. The largest absolute Gasteiger partial charge is 0.488 e. The van der Waals surface area contributed by atoms with Crippen LogP contribution < -0.4 is 4.74 Å². The van der Waals surface area contributed by atoms with Crippen molar-refractivity contribution in [2.24, 2.45) is 0 Å². The van der Waals surface area contributed by atoms with Gasteiger partial charge in [0.05, 0.1) is 31.9 Å². The number of aliphatic hydroxyl groups is 1. The van der Waals surface area contributed by atoms with Gasteiger partial charge in [0.1, 0.15) is 23.3 Å². The highest BCUT2D eigenvalue weighted by Crippen LogP contribution is 2.33. The molecule has 0 aliphatic carbocycles. The van der Waals surface area contributed by atoms with Crippen molar-refractivity contribution in [3.8, 4) is 22.7 Å². The lowest BCUT2D eigenvalue weighted by Crippen LogP contribution is -2.45. The van der Waals surface area contributed by atoms with E-state index in [1.807, 2.05) is 93.8 Å². The van der Waals surface area contributed by atoms with E-state index in [9.17, 15) is 14.7 Å². The van der Waals surface area contributed by atoms with Crippen molar-refractivity contribution in [1.82, 2.24) is 14.5 Å². The monoisotopic (exact) mass is 611 g/mol. The zero-order valence-electron chi connectivity index (χ0n) is 26.7. The number of aryl methyl sites for hydroxylation is 3. The molecule has 2 aromatic carbocycles. The van der Waals surface area contributed by atoms with E-state index in [1.165, 1.54) is 12.0 Å². The molecule has 236 valence electrons. The number of carbonyl (C=O) groups excluding carboxylic acids is 2. The fourth-order valence-corrected chi connectivity index (χ4v) is 5.56. The number of nitrogens with zero attached hydrogens (tertiary/aromatic N) is 3. The molecule has 0 spiro atoms. The summed E-state index contributed by atoms with van der Waals surface area (Å²) in [5.41, 5.74) is 5.48. The summed E-state index contributed by atoms with van der Waals surface area (Å²) >= 11 is 0. The number of pyridine rings is 1. The van der Waals surface area contributed by atoms with Crippen LogP contribution in [0, 0.1) is 13.8 Å². The van der Waals surface area contributed by atoms with Gasteiger partial charge in [-0.25, -0.2) is 14.6 Å². The molecule has 45 heavy (non-hydrogen) atoms. The topological polar surface area (TPSA) is 103 Å². The number of benzene rings is 2. The molecule has 0 bridgehead atoms. The molecule has 9 nitrogen and oxygen atoms in total. The standard InChI is InChI=1S/C36H41N3O6/c1-23-10-11-24(2)39(23)33-17-14-29(20-37-33)31(40)22-38(35(42)45-36(3,4)5)21-30-15-12-27-18-26(13-16-32(27)44-30)25-8-7-9-28(19-25)34(41)43-6/h7-11,13-14,16-20,30-31,40H,12,15,21-22H2,1-6H3/t30-,31+/m1/s1. The molecule has 4 aromatic rings. The Morgan fingerprint density at radius 2 is 1.78 bits per heavy atom. The number of ether oxygens (including phenoxy) is 3. The molecule has 0 unspecified atom stereocenters. The average Bonchev–Trinajstić information content (AvgIpc) is 3.36. The Balaban J connectivity index is 1.30. The van der Waals surface area contributed by atoms with Crippen molar-refractivity contribution in [1.29, 1.82) is 0 Å². The molecular formula is C36H41N3O6. The molecular weight excluding hydrogens is 570 g/mol. The van der Waals surface area contributed by atoms with E-state index < -0.39 is 17.8 Å². The van der Waals surface area contributed by atoms with Crippen molar-refractivity contribution in [3.63, 3.8) is 0 Å². The highest BCUT2D eigenvalue weighted by atomic mass is 16.6. The molecule has 0 radical (unpaired) electrons. The smallest absolute Gasteiger partial charge is 0.410 e. The highest BCUT2D eigenvalue weighted by molar-refractivity contribution is 5.91. The maximum Gasteiger partial charge on any atom is 0.410 e. The number of esters is 1. The number of rotatable bonds is 8. The second kappa shape index (κ2) is 13.2. The minimum atomic E-state index is -0.967. The van der Waals surface area contributed by atoms with Gasteiger partial charge < -0.3 is 28.8 Å². The summed E-state index contributed by atoms with van der Waals surface area (Å²) in [6.07, 6.45) is 1.31. The normalized spacial score (nSPS) is 15.0. The SMILES string of the molecule is COC(=O)c1cccc(-c2ccc3c(c2)CC[C@H](CN(C[C@H](O)c2ccc(-n4c(C)ccc4C)nc2)C(=O)OC(C)(C)C)O3)c1. The molecule has 1 aliphatic heterocycles. The summed E-state index contributed by atoms with van der Waals surface area (Å²) < 4.78 is 19.0. The first kappa shape index (κ1) is 31.8. The third kappa shape index (κ3) is 7.54. The second-order valence-electron chi connectivity index (χ2n) is 12.5. The van der Waals surface area contributed by atoms with E-state index in [-0.39, 0.29) is 25.2 Å². The number of aliphatic hydroxyl groups excluding tert-OH is 1. The Bertz CT molecular complexity index is 1650. The van der Waals surface area contributed by atoms with Gasteiger partial charge in [-0.3, -0.25) is 0 Å². The number of hydrogen-bond acceptors (Lipinski definition) is 7. The molecule has 1 amide bonds. The van der Waals surface area contributed by atoms with Gasteiger partial charge in [-0.1, -0.05) is 24.3 Å². The van der Waals surface area contributed by atoms with Crippen LogP contribution in [0.15, 0.2) is 72.9 Å². The third-order valence-corrected chi connectivity index (χ3v) is 7.83. The summed E-state index contributed by atoms with van der Waals surface area (Å²) in [6, 6.07) is 21.1. The Morgan fingerprint density at radius 1 is 1.04 bits per heavy atom. The third-order valence-electron chi connectivity index (χ3n) is 7.83. The predicted molar refractivity (Wildman–Crippen MR) is 172 cm³/mol. The van der Waals surface area contributed by atoms with Gasteiger partial charge in [0, 0.05) is 23.1 Å². The second-order valence-corrected chi connectivity index (χ2v) is 12.5. The molecule has 1 aliphatic rings. The first-order valence-corrected chi connectivity index (χ1v) is 15.2. The highest BCUT2D eigenvalue weighted by Gasteiger charge is 2.30. The minimum Gasteiger partial charge on any atom is -0.488 e. The maximum absolute atomic E-state index is 13.3. The van der Waals surface area contributed by atoms with Crippen LogP contribution in [-0.2, 0) is 15.9 Å². The number of amides is 1. The average molecular weight is 612 g/mol. The quantitative estimate of drug-likeness (QED) is 0.224. The van der Waals surface area contributed by atoms with Gasteiger partial charge in [-0.05, 0) is 107 Å². The van der Waals surface area contributed by atoms with E-state index in [1.54, 1.807) is 12.3 Å². The maximum atomic E-state index is 13.3. The van der Waals surface area contributed by atoms with Crippen LogP contribution in [0.3, 0.4) is 0 Å². The van der Waals surface area contributed by atoms with E-state index in [4.69, 9.17) is 14.2 Å². The Labute approximate surface area is 264 Å². The van der Waals surface area contributed by atoms with Gasteiger partial charge in [0.2, 0.25) is 0 Å². The lowest BCUT2D eigenvalue weighted by molar-refractivity contribution is 0.00364. The Kier molecular flexibility index (Phi) is 9.29. The van der Waals surface area contributed by atoms with Crippen LogP contribution >= 0.6 is 0 Å². The van der Waals surface area contributed by atoms with Crippen LogP contribution in [0.2, 0.25) is 0 Å². The van der Waals surface area contributed by atoms with Crippen LogP contribution in [0.25, 0.3) is 16.9 Å². The molecule has 2 atom stereocenters. The zero-order chi connectivity index (χ0) is 32.3. The summed E-state index contributed by atoms with van der Waals surface area (Å²) in [7, 11) is 1.37. The first-order valence-electron chi connectivity index (χ1n) is 15.2. The molecule has 1 N–H and O–H groups in total. The van der Waals surface area contributed by atoms with Crippen LogP contribution in [-0.4, -0.2) is 63.5 Å². The Morgan fingerprint density at radius 3 is 2.44 bits per heavy atom. The first-order chi connectivity index (χ1) is 21.4. The van der Waals surface area contributed by atoms with Gasteiger partial charge in [-0.2, -0.15) is 0 Å². The lowest BCUT2D eigenvalue weighted by atomic mass is 9.96. The van der Waals surface area contributed by atoms with E-state index in [2.05, 4.69) is 11.1 Å². The molecule has 3 heterocycles. The van der Waals surface area contributed by atoms with Crippen LogP contribution in [0.1, 0.15) is 66.2 Å². The van der Waals surface area contributed by atoms with E-state index in [0.717, 1.165) is 46.1 Å². The number of methoxy groups -OCH3 is 1. The fraction of sp³-hybridized carbons (Fsp3) is 0.361. The van der Waals surface area contributed by atoms with Gasteiger partial charge in [0.15, 0.2) is 0 Å². The summed E-state index contributed by atoms with van der Waals surface area (Å²) in [5, 5.41) is 11.2. The number of aromatic nitrogens is 2. The predicted octanol–water partition coefficient (Wildman–Crippen LogP) is 6.61. The van der Waals surface area contributed by atoms with Gasteiger partial charge >= 0.3 is 12.1 Å². The molecule has 0 saturated carbocycles. The van der Waals surface area contributed by atoms with Crippen molar-refractivity contribution in [3.05, 3.63) is 101 Å². The fourth-order valence-electron chi connectivity index (χ4n) is 5.56. The van der Waals surface area contributed by atoms with Crippen LogP contribution in [0.4, 0.5) is 4.79 Å². The van der Waals surface area contributed by atoms with Crippen molar-refractivity contribution >= 4 is 12.1 Å². The number of hydrogen-bond donors (Lipinski definition) is 1. The number of fused-ring (bicyclic) bond motifs is 1. The van der Waals surface area contributed by atoms with Crippen molar-refractivity contribution in [2.45, 2.75) is 65.3 Å². The minimum absolute atomic E-state index is 0.0275. The summed E-state index contributed by atoms with van der Waals surface area (Å²) in [4.78, 5) is 31.4. The molecule has 0 fully saturated rings. The zero-order valence-corrected chi connectivity index (χ0v) is 26.7. The molecule has 2 aromatic heterocycles. The van der Waals surface area contributed by atoms with E-state index >= 15 is 0 Å². The number of carbonyl (C=O) groups is 2.